The lowest BCUT2D eigenvalue weighted by Crippen LogP contribution is -2.03. The van der Waals surface area contributed by atoms with E-state index in [0.717, 1.165) is 5.75 Å². The van der Waals surface area contributed by atoms with E-state index in [1.165, 1.54) is 0 Å². The molecular formula is C3H8FNS. The zero-order chi connectivity index (χ0) is 4.83. The SMILES string of the molecule is CSCCNF. The molecule has 3 heteroatoms. The molecule has 0 saturated heterocycles. The Morgan fingerprint density at radius 1 is 1.83 bits per heavy atom. The second-order valence-electron chi connectivity index (χ2n) is 0.876. The standard InChI is InChI=1S/C3H8FNS/c1-6-3-2-5-4/h5H,2-3H2,1H3. The molecular weight excluding hydrogens is 101 g/mol. The highest BCUT2D eigenvalue weighted by molar-refractivity contribution is 7.98. The zero-order valence-corrected chi connectivity index (χ0v) is 4.52. The Hall–Kier alpha value is 0.240. The van der Waals surface area contributed by atoms with E-state index in [4.69, 9.17) is 0 Å². The van der Waals surface area contributed by atoms with Gasteiger partial charge in [0.2, 0.25) is 0 Å². The van der Waals surface area contributed by atoms with Gasteiger partial charge in [-0.15, -0.1) is 4.48 Å². The topological polar surface area (TPSA) is 12.0 Å². The molecule has 0 bridgehead atoms. The van der Waals surface area contributed by atoms with Crippen LogP contribution in [-0.2, 0) is 0 Å². The molecule has 38 valence electrons. The summed E-state index contributed by atoms with van der Waals surface area (Å²) in [5.41, 5.74) is 1.55. The summed E-state index contributed by atoms with van der Waals surface area (Å²) >= 11 is 1.62. The average molecular weight is 109 g/mol. The van der Waals surface area contributed by atoms with Crippen molar-refractivity contribution in [2.24, 2.45) is 0 Å². The van der Waals surface area contributed by atoms with Crippen LogP contribution in [0, 0.1) is 0 Å². The van der Waals surface area contributed by atoms with Crippen LogP contribution in [0.25, 0.3) is 0 Å². The predicted octanol–water partition coefficient (Wildman–Crippen LogP) is 0.824. The largest absolute Gasteiger partial charge is 0.164 e. The predicted molar refractivity (Wildman–Crippen MR) is 27.5 cm³/mol. The van der Waals surface area contributed by atoms with Crippen LogP contribution in [0.15, 0.2) is 0 Å². The van der Waals surface area contributed by atoms with Crippen molar-refractivity contribution in [2.45, 2.75) is 0 Å². The summed E-state index contributed by atoms with van der Waals surface area (Å²) in [5, 5.41) is 0. The number of hydrogen-bond acceptors (Lipinski definition) is 2. The third kappa shape index (κ3) is 4.24. The quantitative estimate of drug-likeness (QED) is 0.425. The first-order valence-electron chi connectivity index (χ1n) is 1.74. The first-order valence-corrected chi connectivity index (χ1v) is 3.13. The molecule has 0 rings (SSSR count). The third-order valence-electron chi connectivity index (χ3n) is 0.401. The summed E-state index contributed by atoms with van der Waals surface area (Å²) in [5.74, 6) is 0.844. The smallest absolute Gasteiger partial charge is 0.0350 e. The molecule has 1 nitrogen and oxygen atoms in total. The first-order chi connectivity index (χ1) is 2.91. The lowest BCUT2D eigenvalue weighted by atomic mass is 10.8. The van der Waals surface area contributed by atoms with E-state index < -0.39 is 0 Å². The molecule has 0 amide bonds. The Morgan fingerprint density at radius 3 is 2.67 bits per heavy atom. The van der Waals surface area contributed by atoms with Gasteiger partial charge in [-0.25, -0.2) is 0 Å². The van der Waals surface area contributed by atoms with Crippen LogP contribution in [0.3, 0.4) is 0 Å². The molecule has 0 aromatic carbocycles. The third-order valence-corrected chi connectivity index (χ3v) is 1.01. The lowest BCUT2D eigenvalue weighted by molar-refractivity contribution is 0.348. The van der Waals surface area contributed by atoms with Gasteiger partial charge in [0, 0.05) is 12.3 Å². The number of nitrogens with one attached hydrogen (secondary N) is 1. The van der Waals surface area contributed by atoms with Crippen LogP contribution in [0.5, 0.6) is 0 Å². The summed E-state index contributed by atoms with van der Waals surface area (Å²) in [7, 11) is 0. The summed E-state index contributed by atoms with van der Waals surface area (Å²) < 4.78 is 10.9. The Balaban J connectivity index is 2.34. The average Bonchev–Trinajstić information content (AvgIpc) is 1.61. The number of rotatable bonds is 3. The van der Waals surface area contributed by atoms with E-state index in [-0.39, 0.29) is 0 Å². The molecule has 0 atom stereocenters. The normalized spacial score (nSPS) is 9.00. The highest BCUT2D eigenvalue weighted by Crippen LogP contribution is 1.85. The van der Waals surface area contributed by atoms with Crippen molar-refractivity contribution < 1.29 is 4.48 Å². The van der Waals surface area contributed by atoms with Crippen LogP contribution in [-0.4, -0.2) is 18.6 Å². The van der Waals surface area contributed by atoms with E-state index in [1.54, 1.807) is 17.3 Å². The van der Waals surface area contributed by atoms with Gasteiger partial charge < -0.3 is 0 Å². The molecule has 0 heterocycles. The molecule has 0 unspecified atom stereocenters. The Kier molecular flexibility index (Phi) is 5.45. The van der Waals surface area contributed by atoms with Crippen LogP contribution >= 0.6 is 11.8 Å². The van der Waals surface area contributed by atoms with Crippen molar-refractivity contribution in [2.75, 3.05) is 18.6 Å². The van der Waals surface area contributed by atoms with E-state index in [1.807, 2.05) is 6.26 Å². The molecule has 0 fully saturated rings. The minimum atomic E-state index is 0.459. The minimum Gasteiger partial charge on any atom is -0.164 e. The van der Waals surface area contributed by atoms with Crippen LogP contribution in [0.2, 0.25) is 0 Å². The lowest BCUT2D eigenvalue weighted by Gasteiger charge is -1.86. The van der Waals surface area contributed by atoms with Gasteiger partial charge in [-0.05, 0) is 6.26 Å². The Bertz CT molecular complexity index is 22.8. The van der Waals surface area contributed by atoms with Crippen molar-refractivity contribution in [3.05, 3.63) is 0 Å². The Morgan fingerprint density at radius 2 is 2.50 bits per heavy atom. The summed E-state index contributed by atoms with van der Waals surface area (Å²) in [6.07, 6.45) is 1.94. The molecule has 0 aliphatic rings. The summed E-state index contributed by atoms with van der Waals surface area (Å²) in [6.45, 7) is 0.459. The van der Waals surface area contributed by atoms with Crippen molar-refractivity contribution >= 4 is 11.8 Å². The maximum absolute atomic E-state index is 10.9. The second kappa shape index (κ2) is 5.24. The van der Waals surface area contributed by atoms with Gasteiger partial charge in [0.15, 0.2) is 0 Å². The molecule has 0 spiro atoms. The van der Waals surface area contributed by atoms with Crippen molar-refractivity contribution in [1.29, 1.82) is 0 Å². The minimum absolute atomic E-state index is 0.459. The molecule has 6 heavy (non-hydrogen) atoms. The Labute approximate surface area is 41.2 Å². The molecule has 0 saturated carbocycles. The molecule has 0 aromatic rings. The maximum Gasteiger partial charge on any atom is 0.0350 e. The maximum atomic E-state index is 10.9. The number of hydrogen-bond donors (Lipinski definition) is 1. The molecule has 0 aromatic heterocycles. The summed E-state index contributed by atoms with van der Waals surface area (Å²) in [6, 6.07) is 0. The number of thioether (sulfide) groups is 1. The monoisotopic (exact) mass is 109 g/mol. The van der Waals surface area contributed by atoms with Crippen molar-refractivity contribution in [1.82, 2.24) is 5.54 Å². The van der Waals surface area contributed by atoms with Gasteiger partial charge in [-0.2, -0.15) is 17.3 Å². The van der Waals surface area contributed by atoms with Gasteiger partial charge in [0.25, 0.3) is 0 Å². The zero-order valence-electron chi connectivity index (χ0n) is 3.70. The van der Waals surface area contributed by atoms with Crippen molar-refractivity contribution in [3.8, 4) is 0 Å². The summed E-state index contributed by atoms with van der Waals surface area (Å²) in [4.78, 5) is 0. The van der Waals surface area contributed by atoms with Gasteiger partial charge in [0.05, 0.1) is 0 Å². The number of halogens is 1. The fraction of sp³-hybridized carbons (Fsp3) is 1.00. The van der Waals surface area contributed by atoms with Gasteiger partial charge in [0.1, 0.15) is 0 Å². The van der Waals surface area contributed by atoms with Crippen molar-refractivity contribution in [3.63, 3.8) is 0 Å². The van der Waals surface area contributed by atoms with E-state index in [0.29, 0.717) is 6.54 Å². The highest BCUT2D eigenvalue weighted by Gasteiger charge is 1.76. The molecule has 0 aliphatic heterocycles. The van der Waals surface area contributed by atoms with Gasteiger partial charge in [-0.1, -0.05) is 0 Å². The highest BCUT2D eigenvalue weighted by atomic mass is 32.2. The fourth-order valence-electron chi connectivity index (χ4n) is 0.141. The second-order valence-corrected chi connectivity index (χ2v) is 1.86. The molecule has 1 N–H and O–H groups in total. The van der Waals surface area contributed by atoms with Crippen LogP contribution in [0.1, 0.15) is 0 Å². The van der Waals surface area contributed by atoms with Crippen LogP contribution < -0.4 is 5.54 Å². The molecule has 0 aliphatic carbocycles. The molecule has 0 radical (unpaired) electrons. The van der Waals surface area contributed by atoms with E-state index >= 15 is 0 Å². The van der Waals surface area contributed by atoms with Gasteiger partial charge >= 0.3 is 0 Å². The first kappa shape index (κ1) is 6.24. The van der Waals surface area contributed by atoms with Crippen LogP contribution in [0.4, 0.5) is 4.48 Å². The fourth-order valence-corrected chi connectivity index (χ4v) is 0.422. The van der Waals surface area contributed by atoms with E-state index in [2.05, 4.69) is 0 Å². The van der Waals surface area contributed by atoms with E-state index in [9.17, 15) is 4.48 Å². The van der Waals surface area contributed by atoms with Gasteiger partial charge in [-0.3, -0.25) is 0 Å².